The Labute approximate surface area is 202 Å². The summed E-state index contributed by atoms with van der Waals surface area (Å²) in [5, 5.41) is 6.25. The third kappa shape index (κ3) is 5.71. The van der Waals surface area contributed by atoms with Gasteiger partial charge in [0.05, 0.1) is 23.5 Å². The topological polar surface area (TPSA) is 82.4 Å². The summed E-state index contributed by atoms with van der Waals surface area (Å²) in [6.45, 7) is 5.20. The van der Waals surface area contributed by atoms with Crippen molar-refractivity contribution in [2.75, 3.05) is 19.0 Å². The number of aromatic nitrogens is 2. The number of methoxy groups -OCH3 is 1. The third-order valence-corrected chi connectivity index (χ3v) is 6.38. The maximum atomic E-state index is 13.2. The molecule has 0 aliphatic rings. The molecule has 0 aliphatic heterocycles. The third-order valence-electron chi connectivity index (χ3n) is 4.52. The zero-order valence-electron chi connectivity index (χ0n) is 18.6. The van der Waals surface area contributed by atoms with Gasteiger partial charge in [0.1, 0.15) is 4.88 Å². The van der Waals surface area contributed by atoms with E-state index in [0.717, 1.165) is 9.56 Å². The molecule has 0 saturated heterocycles. The van der Waals surface area contributed by atoms with Gasteiger partial charge in [0.15, 0.2) is 12.3 Å². The quantitative estimate of drug-likeness (QED) is 0.425. The molecule has 1 amide bonds. The van der Waals surface area contributed by atoms with Crippen molar-refractivity contribution in [1.29, 1.82) is 0 Å². The SMILES string of the molecule is COC(=O)c1sc(C(C)(C)C)cc1NC(=O)COc1cc(C(F)(F)F)nn1-c1ccccc1Cl. The minimum absolute atomic E-state index is 0.143. The number of para-hydroxylation sites is 1. The summed E-state index contributed by atoms with van der Waals surface area (Å²) in [6, 6.07) is 8.47. The molecule has 182 valence electrons. The van der Waals surface area contributed by atoms with Crippen LogP contribution in [0.3, 0.4) is 0 Å². The smallest absolute Gasteiger partial charge is 0.435 e. The number of hydrogen-bond donors (Lipinski definition) is 1. The number of nitrogens with one attached hydrogen (secondary N) is 1. The second kappa shape index (κ2) is 9.67. The van der Waals surface area contributed by atoms with Gasteiger partial charge in [-0.15, -0.1) is 11.3 Å². The van der Waals surface area contributed by atoms with Crippen LogP contribution in [0.4, 0.5) is 18.9 Å². The number of carbonyl (C=O) groups excluding carboxylic acids is 2. The van der Waals surface area contributed by atoms with E-state index in [1.807, 2.05) is 20.8 Å². The first-order valence-electron chi connectivity index (χ1n) is 9.88. The van der Waals surface area contributed by atoms with Crippen LogP contribution in [0, 0.1) is 0 Å². The van der Waals surface area contributed by atoms with Crippen molar-refractivity contribution in [3.05, 3.63) is 56.9 Å². The first-order valence-corrected chi connectivity index (χ1v) is 11.1. The zero-order valence-corrected chi connectivity index (χ0v) is 20.2. The molecule has 3 rings (SSSR count). The second-order valence-electron chi connectivity index (χ2n) is 8.16. The number of alkyl halides is 3. The van der Waals surface area contributed by atoms with Crippen molar-refractivity contribution in [2.24, 2.45) is 0 Å². The Morgan fingerprint density at radius 3 is 2.44 bits per heavy atom. The molecule has 0 saturated carbocycles. The summed E-state index contributed by atoms with van der Waals surface area (Å²) < 4.78 is 50.8. The van der Waals surface area contributed by atoms with Crippen molar-refractivity contribution >= 4 is 40.5 Å². The molecule has 7 nitrogen and oxygen atoms in total. The van der Waals surface area contributed by atoms with Crippen LogP contribution in [-0.4, -0.2) is 35.4 Å². The van der Waals surface area contributed by atoms with Gasteiger partial charge in [0, 0.05) is 10.9 Å². The molecule has 0 spiro atoms. The number of anilines is 1. The maximum Gasteiger partial charge on any atom is 0.435 e. The van der Waals surface area contributed by atoms with Gasteiger partial charge in [0.25, 0.3) is 5.91 Å². The van der Waals surface area contributed by atoms with Crippen molar-refractivity contribution < 1.29 is 32.2 Å². The Morgan fingerprint density at radius 2 is 1.85 bits per heavy atom. The van der Waals surface area contributed by atoms with E-state index in [0.29, 0.717) is 6.07 Å². The van der Waals surface area contributed by atoms with E-state index in [4.69, 9.17) is 21.1 Å². The molecule has 1 N–H and O–H groups in total. The lowest BCUT2D eigenvalue weighted by Gasteiger charge is -2.15. The summed E-state index contributed by atoms with van der Waals surface area (Å²) in [5.74, 6) is -1.64. The molecule has 0 aliphatic carbocycles. The van der Waals surface area contributed by atoms with Gasteiger partial charge in [-0.3, -0.25) is 4.79 Å². The van der Waals surface area contributed by atoms with Gasteiger partial charge in [-0.05, 0) is 23.6 Å². The Hall–Kier alpha value is -3.05. The summed E-state index contributed by atoms with van der Waals surface area (Å²) in [4.78, 5) is 25.7. The van der Waals surface area contributed by atoms with E-state index in [1.54, 1.807) is 18.2 Å². The van der Waals surface area contributed by atoms with Gasteiger partial charge in [-0.25, -0.2) is 4.79 Å². The minimum Gasteiger partial charge on any atom is -0.467 e. The van der Waals surface area contributed by atoms with Crippen LogP contribution in [0.25, 0.3) is 5.69 Å². The van der Waals surface area contributed by atoms with E-state index >= 15 is 0 Å². The Bertz CT molecular complexity index is 1210. The normalized spacial score (nSPS) is 11.9. The van der Waals surface area contributed by atoms with Crippen molar-refractivity contribution in [3.8, 4) is 11.6 Å². The molecule has 12 heteroatoms. The van der Waals surface area contributed by atoms with Crippen LogP contribution < -0.4 is 10.1 Å². The molecule has 0 fully saturated rings. The molecule has 2 aromatic heterocycles. The molecule has 3 aromatic rings. The van der Waals surface area contributed by atoms with Gasteiger partial charge < -0.3 is 14.8 Å². The summed E-state index contributed by atoms with van der Waals surface area (Å²) >= 11 is 7.28. The number of carbonyl (C=O) groups is 2. The van der Waals surface area contributed by atoms with Crippen LogP contribution in [0.1, 0.15) is 41.0 Å². The maximum absolute atomic E-state index is 13.2. The molecule has 34 heavy (non-hydrogen) atoms. The van der Waals surface area contributed by atoms with Gasteiger partial charge in [-0.2, -0.15) is 23.0 Å². The van der Waals surface area contributed by atoms with Crippen LogP contribution >= 0.6 is 22.9 Å². The first kappa shape index (κ1) is 25.6. The highest BCUT2D eigenvalue weighted by molar-refractivity contribution is 7.14. The standard InChI is InChI=1S/C22H21ClF3N3O4S/c1-21(2,3)16-9-13(19(34-16)20(31)32-4)27-17(30)11-33-18-10-15(22(24,25)26)28-29(18)14-8-6-5-7-12(14)23/h5-10H,11H2,1-4H3,(H,27,30). The number of thiophene rings is 1. The number of esters is 1. The van der Waals surface area contributed by atoms with Crippen molar-refractivity contribution in [3.63, 3.8) is 0 Å². The number of ether oxygens (including phenoxy) is 2. The predicted molar refractivity (Wildman–Crippen MR) is 122 cm³/mol. The average molecular weight is 516 g/mol. The number of halogens is 4. The second-order valence-corrected chi connectivity index (χ2v) is 9.62. The highest BCUT2D eigenvalue weighted by Gasteiger charge is 2.36. The van der Waals surface area contributed by atoms with Gasteiger partial charge in [0.2, 0.25) is 5.88 Å². The van der Waals surface area contributed by atoms with Crippen LogP contribution in [0.2, 0.25) is 5.02 Å². The highest BCUT2D eigenvalue weighted by Crippen LogP contribution is 2.36. The van der Waals surface area contributed by atoms with Crippen LogP contribution in [-0.2, 0) is 21.1 Å². The fourth-order valence-electron chi connectivity index (χ4n) is 2.82. The molecular weight excluding hydrogens is 495 g/mol. The van der Waals surface area contributed by atoms with E-state index in [-0.39, 0.29) is 32.6 Å². The lowest BCUT2D eigenvalue weighted by molar-refractivity contribution is -0.141. The van der Waals surface area contributed by atoms with Crippen molar-refractivity contribution in [2.45, 2.75) is 32.4 Å². The number of rotatable bonds is 6. The lowest BCUT2D eigenvalue weighted by atomic mass is 9.94. The zero-order chi connectivity index (χ0) is 25.3. The molecule has 0 unspecified atom stereocenters. The van der Waals surface area contributed by atoms with E-state index < -0.39 is 30.4 Å². The number of hydrogen-bond acceptors (Lipinski definition) is 6. The Balaban J connectivity index is 1.84. The molecule has 0 bridgehead atoms. The fourth-order valence-corrected chi connectivity index (χ4v) is 4.13. The molecule has 2 heterocycles. The summed E-state index contributed by atoms with van der Waals surface area (Å²) in [7, 11) is 1.22. The Morgan fingerprint density at radius 1 is 1.18 bits per heavy atom. The van der Waals surface area contributed by atoms with Gasteiger partial charge >= 0.3 is 12.1 Å². The van der Waals surface area contributed by atoms with E-state index in [9.17, 15) is 22.8 Å². The van der Waals surface area contributed by atoms with E-state index in [2.05, 4.69) is 10.4 Å². The summed E-state index contributed by atoms with van der Waals surface area (Å²) in [5.41, 5.74) is -1.12. The monoisotopic (exact) mass is 515 g/mol. The number of amides is 1. The lowest BCUT2D eigenvalue weighted by Crippen LogP contribution is -2.22. The number of benzene rings is 1. The number of nitrogens with zero attached hydrogens (tertiary/aromatic N) is 2. The summed E-state index contributed by atoms with van der Waals surface area (Å²) in [6.07, 6.45) is -4.73. The predicted octanol–water partition coefficient (Wildman–Crippen LogP) is 5.71. The minimum atomic E-state index is -4.73. The first-order chi connectivity index (χ1) is 15.8. The van der Waals surface area contributed by atoms with E-state index in [1.165, 1.54) is 30.6 Å². The molecule has 0 atom stereocenters. The largest absolute Gasteiger partial charge is 0.467 e. The highest BCUT2D eigenvalue weighted by atomic mass is 35.5. The van der Waals surface area contributed by atoms with Crippen molar-refractivity contribution in [1.82, 2.24) is 9.78 Å². The molecular formula is C22H21ClF3N3O4S. The molecule has 1 aromatic carbocycles. The van der Waals surface area contributed by atoms with Crippen LogP contribution in [0.5, 0.6) is 5.88 Å². The van der Waals surface area contributed by atoms with Gasteiger partial charge in [-0.1, -0.05) is 44.5 Å². The average Bonchev–Trinajstić information content (AvgIpc) is 3.36. The fraction of sp³-hybridized carbons (Fsp3) is 0.318. The Kier molecular flexibility index (Phi) is 7.27. The van der Waals surface area contributed by atoms with Crippen LogP contribution in [0.15, 0.2) is 36.4 Å². The molecule has 0 radical (unpaired) electrons.